The summed E-state index contributed by atoms with van der Waals surface area (Å²) in [6, 6.07) is 0.272. The van der Waals surface area contributed by atoms with E-state index in [1.165, 1.54) is 0 Å². The van der Waals surface area contributed by atoms with Crippen LogP contribution in [-0.4, -0.2) is 51.2 Å². The first-order chi connectivity index (χ1) is 6.11. The van der Waals surface area contributed by atoms with Crippen molar-refractivity contribution in [3.05, 3.63) is 0 Å². The number of rotatable bonds is 6. The van der Waals surface area contributed by atoms with Gasteiger partial charge in [0.25, 0.3) is 0 Å². The van der Waals surface area contributed by atoms with Gasteiger partial charge in [0.2, 0.25) is 5.91 Å². The zero-order valence-corrected chi connectivity index (χ0v) is 8.96. The summed E-state index contributed by atoms with van der Waals surface area (Å²) in [6.45, 7) is 3.10. The maximum atomic E-state index is 11.2. The number of methoxy groups -OCH3 is 1. The molecule has 1 amide bonds. The number of nitrogens with one attached hydrogen (secondary N) is 1. The minimum atomic E-state index is 0.0922. The zero-order valence-electron chi connectivity index (χ0n) is 8.96. The van der Waals surface area contributed by atoms with Crippen LogP contribution in [0.2, 0.25) is 0 Å². The molecule has 13 heavy (non-hydrogen) atoms. The van der Waals surface area contributed by atoms with Crippen molar-refractivity contribution in [3.8, 4) is 0 Å². The molecule has 0 aromatic heterocycles. The van der Waals surface area contributed by atoms with Crippen molar-refractivity contribution in [3.63, 3.8) is 0 Å². The van der Waals surface area contributed by atoms with Crippen molar-refractivity contribution < 1.29 is 9.53 Å². The number of amides is 1. The fourth-order valence-electron chi connectivity index (χ4n) is 0.912. The molecule has 0 rings (SSSR count). The number of carbonyl (C=O) groups is 1. The first-order valence-corrected chi connectivity index (χ1v) is 4.54. The molecule has 0 aromatic carbocycles. The maximum absolute atomic E-state index is 11.2. The van der Waals surface area contributed by atoms with Crippen LogP contribution < -0.4 is 5.32 Å². The average molecular weight is 188 g/mol. The van der Waals surface area contributed by atoms with E-state index in [1.807, 2.05) is 0 Å². The van der Waals surface area contributed by atoms with Gasteiger partial charge in [0.1, 0.15) is 0 Å². The molecule has 0 aliphatic heterocycles. The first kappa shape index (κ1) is 12.4. The van der Waals surface area contributed by atoms with Crippen molar-refractivity contribution in [2.75, 3.05) is 34.4 Å². The molecular weight excluding hydrogens is 168 g/mol. The van der Waals surface area contributed by atoms with E-state index < -0.39 is 0 Å². The molecule has 0 saturated carbocycles. The number of nitrogens with zero attached hydrogens (tertiary/aromatic N) is 1. The van der Waals surface area contributed by atoms with Crippen LogP contribution in [0.5, 0.6) is 0 Å². The van der Waals surface area contributed by atoms with Crippen LogP contribution in [-0.2, 0) is 9.53 Å². The topological polar surface area (TPSA) is 41.6 Å². The van der Waals surface area contributed by atoms with Crippen molar-refractivity contribution in [2.24, 2.45) is 0 Å². The standard InChI is InChI=1S/C9H20N2O2/c1-5-8(7-13-4)10-6-9(12)11(2)3/h8,10H,5-7H2,1-4H3. The Morgan fingerprint density at radius 1 is 1.54 bits per heavy atom. The molecule has 0 aliphatic carbocycles. The monoisotopic (exact) mass is 188 g/mol. The molecule has 0 heterocycles. The van der Waals surface area contributed by atoms with Crippen LogP contribution in [0.4, 0.5) is 0 Å². The van der Waals surface area contributed by atoms with E-state index in [4.69, 9.17) is 4.74 Å². The third-order valence-corrected chi connectivity index (χ3v) is 1.90. The van der Waals surface area contributed by atoms with E-state index in [9.17, 15) is 4.79 Å². The average Bonchev–Trinajstić information content (AvgIpc) is 2.11. The highest BCUT2D eigenvalue weighted by molar-refractivity contribution is 5.77. The van der Waals surface area contributed by atoms with Crippen molar-refractivity contribution in [1.29, 1.82) is 0 Å². The van der Waals surface area contributed by atoms with Crippen molar-refractivity contribution in [2.45, 2.75) is 19.4 Å². The molecule has 1 unspecified atom stereocenters. The lowest BCUT2D eigenvalue weighted by molar-refractivity contribution is -0.127. The molecule has 0 fully saturated rings. The Bertz CT molecular complexity index is 149. The number of carbonyl (C=O) groups excluding carboxylic acids is 1. The highest BCUT2D eigenvalue weighted by Gasteiger charge is 2.08. The Balaban J connectivity index is 3.65. The number of hydrogen-bond acceptors (Lipinski definition) is 3. The van der Waals surface area contributed by atoms with E-state index in [1.54, 1.807) is 26.1 Å². The molecule has 0 spiro atoms. The SMILES string of the molecule is CCC(COC)NCC(=O)N(C)C. The predicted octanol–water partition coefficient (Wildman–Crippen LogP) is 0.0892. The first-order valence-electron chi connectivity index (χ1n) is 4.54. The van der Waals surface area contributed by atoms with Crippen LogP contribution in [0.25, 0.3) is 0 Å². The van der Waals surface area contributed by atoms with Gasteiger partial charge in [0.15, 0.2) is 0 Å². The zero-order chi connectivity index (χ0) is 10.3. The summed E-state index contributed by atoms with van der Waals surface area (Å²) in [5, 5.41) is 3.14. The van der Waals surface area contributed by atoms with E-state index in [0.29, 0.717) is 13.2 Å². The van der Waals surface area contributed by atoms with Crippen LogP contribution in [0.3, 0.4) is 0 Å². The molecule has 0 radical (unpaired) electrons. The van der Waals surface area contributed by atoms with Crippen LogP contribution in [0.15, 0.2) is 0 Å². The van der Waals surface area contributed by atoms with E-state index >= 15 is 0 Å². The Kier molecular flexibility index (Phi) is 6.54. The Hall–Kier alpha value is -0.610. The van der Waals surface area contributed by atoms with Gasteiger partial charge in [-0.2, -0.15) is 0 Å². The van der Waals surface area contributed by atoms with Gasteiger partial charge in [0, 0.05) is 27.2 Å². The number of likely N-dealkylation sites (N-methyl/N-ethyl adjacent to an activating group) is 1. The highest BCUT2D eigenvalue weighted by atomic mass is 16.5. The molecule has 0 aromatic rings. The second-order valence-electron chi connectivity index (χ2n) is 3.23. The third kappa shape index (κ3) is 5.60. The van der Waals surface area contributed by atoms with Crippen LogP contribution >= 0.6 is 0 Å². The van der Waals surface area contributed by atoms with Gasteiger partial charge in [-0.05, 0) is 6.42 Å². The quantitative estimate of drug-likeness (QED) is 0.642. The van der Waals surface area contributed by atoms with Crippen LogP contribution in [0.1, 0.15) is 13.3 Å². The second-order valence-corrected chi connectivity index (χ2v) is 3.23. The summed E-state index contributed by atoms with van der Waals surface area (Å²) in [4.78, 5) is 12.8. The molecule has 0 bridgehead atoms. The lowest BCUT2D eigenvalue weighted by Crippen LogP contribution is -2.40. The molecular formula is C9H20N2O2. The van der Waals surface area contributed by atoms with Gasteiger partial charge >= 0.3 is 0 Å². The van der Waals surface area contributed by atoms with Gasteiger partial charge in [0.05, 0.1) is 13.2 Å². The highest BCUT2D eigenvalue weighted by Crippen LogP contribution is 1.90. The normalized spacial score (nSPS) is 12.6. The Labute approximate surface area is 80.2 Å². The van der Waals surface area contributed by atoms with Gasteiger partial charge in [-0.15, -0.1) is 0 Å². The lowest BCUT2D eigenvalue weighted by atomic mass is 10.2. The Morgan fingerprint density at radius 2 is 2.15 bits per heavy atom. The van der Waals surface area contributed by atoms with E-state index in [-0.39, 0.29) is 11.9 Å². The minimum absolute atomic E-state index is 0.0922. The lowest BCUT2D eigenvalue weighted by Gasteiger charge is -2.17. The number of hydrogen-bond donors (Lipinski definition) is 1. The summed E-state index contributed by atoms with van der Waals surface area (Å²) < 4.78 is 5.00. The fraction of sp³-hybridized carbons (Fsp3) is 0.889. The largest absolute Gasteiger partial charge is 0.383 e. The van der Waals surface area contributed by atoms with E-state index in [0.717, 1.165) is 6.42 Å². The molecule has 4 heteroatoms. The van der Waals surface area contributed by atoms with Gasteiger partial charge in [-0.25, -0.2) is 0 Å². The predicted molar refractivity (Wildman–Crippen MR) is 52.7 cm³/mol. The molecule has 1 atom stereocenters. The van der Waals surface area contributed by atoms with Crippen molar-refractivity contribution >= 4 is 5.91 Å². The van der Waals surface area contributed by atoms with E-state index in [2.05, 4.69) is 12.2 Å². The summed E-state index contributed by atoms with van der Waals surface area (Å²) >= 11 is 0. The summed E-state index contributed by atoms with van der Waals surface area (Å²) in [5.41, 5.74) is 0. The molecule has 78 valence electrons. The van der Waals surface area contributed by atoms with Gasteiger partial charge < -0.3 is 15.0 Å². The third-order valence-electron chi connectivity index (χ3n) is 1.90. The Morgan fingerprint density at radius 3 is 2.54 bits per heavy atom. The van der Waals surface area contributed by atoms with Gasteiger partial charge in [-0.3, -0.25) is 4.79 Å². The summed E-state index contributed by atoms with van der Waals surface area (Å²) in [5.74, 6) is 0.0922. The second kappa shape index (κ2) is 6.86. The molecule has 0 aliphatic rings. The summed E-state index contributed by atoms with van der Waals surface area (Å²) in [7, 11) is 5.17. The molecule has 4 nitrogen and oxygen atoms in total. The maximum Gasteiger partial charge on any atom is 0.236 e. The molecule has 1 N–H and O–H groups in total. The smallest absolute Gasteiger partial charge is 0.236 e. The number of ether oxygens (including phenoxy) is 1. The minimum Gasteiger partial charge on any atom is -0.383 e. The molecule has 0 saturated heterocycles. The van der Waals surface area contributed by atoms with Crippen LogP contribution in [0, 0.1) is 0 Å². The van der Waals surface area contributed by atoms with Gasteiger partial charge in [-0.1, -0.05) is 6.92 Å². The fourth-order valence-corrected chi connectivity index (χ4v) is 0.912. The summed E-state index contributed by atoms with van der Waals surface area (Å²) in [6.07, 6.45) is 0.967. The van der Waals surface area contributed by atoms with Crippen molar-refractivity contribution in [1.82, 2.24) is 10.2 Å².